The smallest absolute Gasteiger partial charge is 0.306 e. The third kappa shape index (κ3) is 44.9. The first-order valence-electron chi connectivity index (χ1n) is 25.6. The van der Waals surface area contributed by atoms with Gasteiger partial charge in [0.2, 0.25) is 0 Å². The van der Waals surface area contributed by atoms with Crippen molar-refractivity contribution in [1.29, 1.82) is 0 Å². The number of carboxylic acid groups (broad SMARTS) is 1. The van der Waals surface area contributed by atoms with E-state index in [1.54, 1.807) is 21.1 Å². The van der Waals surface area contributed by atoms with Crippen molar-refractivity contribution >= 4 is 17.9 Å². The van der Waals surface area contributed by atoms with Crippen molar-refractivity contribution in [1.82, 2.24) is 0 Å². The standard InChI is InChI=1S/C58H93NO7/c1-6-8-10-12-14-16-18-20-22-24-26-27-28-29-31-33-35-37-39-41-43-45-47-49-57(61)66-54(52-64-51-50-55(58(62)63)59(3,4)5)53-65-56(60)48-46-44-42-40-38-36-34-32-30-25-23-21-19-17-15-13-11-9-7-2/h8-11,14-17,20-23,26-27,30,32,36,38,42,44,54-55H,6-7,12-13,18-19,24-25,28-29,31,33-35,37,39-41,43,45-53H2,1-5H3/b10-8+,11-9+,16-14+,17-15+,22-20+,23-21+,27-26+,32-30+,38-36+,44-42+. The second kappa shape index (κ2) is 47.2. The number of ether oxygens (including phenoxy) is 3. The van der Waals surface area contributed by atoms with E-state index in [2.05, 4.69) is 123 Å². The fourth-order valence-electron chi connectivity index (χ4n) is 6.73. The Kier molecular flexibility index (Phi) is 44.2. The van der Waals surface area contributed by atoms with Crippen molar-refractivity contribution < 1.29 is 38.2 Å². The number of allylic oxidation sites excluding steroid dienone is 20. The molecular weight excluding hydrogens is 823 g/mol. The third-order valence-corrected chi connectivity index (χ3v) is 10.6. The molecule has 0 radical (unpaired) electrons. The van der Waals surface area contributed by atoms with Crippen LogP contribution < -0.4 is 5.11 Å². The predicted octanol–water partition coefficient (Wildman–Crippen LogP) is 13.6. The van der Waals surface area contributed by atoms with Crippen molar-refractivity contribution in [2.24, 2.45) is 0 Å². The fourth-order valence-corrected chi connectivity index (χ4v) is 6.73. The molecule has 0 aromatic heterocycles. The molecule has 2 atom stereocenters. The molecule has 0 aliphatic heterocycles. The first-order chi connectivity index (χ1) is 32.1. The van der Waals surface area contributed by atoms with Gasteiger partial charge in [-0.15, -0.1) is 0 Å². The quantitative estimate of drug-likeness (QED) is 0.0260. The monoisotopic (exact) mass is 916 g/mol. The summed E-state index contributed by atoms with van der Waals surface area (Å²) in [5, 5.41) is 11.7. The highest BCUT2D eigenvalue weighted by atomic mass is 16.6. The number of rotatable bonds is 44. The third-order valence-electron chi connectivity index (χ3n) is 10.6. The summed E-state index contributed by atoms with van der Waals surface area (Å²) in [6.45, 7) is 4.34. The molecule has 66 heavy (non-hydrogen) atoms. The number of likely N-dealkylation sites (N-methyl/N-ethyl adjacent to an activating group) is 1. The lowest BCUT2D eigenvalue weighted by molar-refractivity contribution is -0.889. The number of aliphatic carboxylic acids is 1. The van der Waals surface area contributed by atoms with E-state index in [1.165, 1.54) is 44.9 Å². The molecule has 0 N–H and O–H groups in total. The molecule has 0 amide bonds. The van der Waals surface area contributed by atoms with E-state index >= 15 is 0 Å². The first kappa shape index (κ1) is 61.7. The zero-order valence-corrected chi connectivity index (χ0v) is 42.3. The molecule has 0 bridgehead atoms. The first-order valence-corrected chi connectivity index (χ1v) is 25.6. The van der Waals surface area contributed by atoms with Gasteiger partial charge in [-0.25, -0.2) is 0 Å². The summed E-state index contributed by atoms with van der Waals surface area (Å²) in [7, 11) is 5.38. The Morgan fingerprint density at radius 2 is 0.833 bits per heavy atom. The van der Waals surface area contributed by atoms with Crippen molar-refractivity contribution in [3.8, 4) is 0 Å². The Morgan fingerprint density at radius 1 is 0.455 bits per heavy atom. The zero-order valence-electron chi connectivity index (χ0n) is 42.3. The molecule has 372 valence electrons. The summed E-state index contributed by atoms with van der Waals surface area (Å²) in [5.41, 5.74) is 0. The minimum absolute atomic E-state index is 0.00745. The summed E-state index contributed by atoms with van der Waals surface area (Å²) >= 11 is 0. The van der Waals surface area contributed by atoms with Gasteiger partial charge in [0.05, 0.1) is 40.3 Å². The van der Waals surface area contributed by atoms with E-state index in [-0.39, 0.29) is 49.1 Å². The molecule has 0 saturated heterocycles. The van der Waals surface area contributed by atoms with Gasteiger partial charge in [-0.1, -0.05) is 187 Å². The Bertz CT molecular complexity index is 1490. The Morgan fingerprint density at radius 3 is 1.24 bits per heavy atom. The largest absolute Gasteiger partial charge is 0.544 e. The van der Waals surface area contributed by atoms with E-state index in [0.29, 0.717) is 12.8 Å². The second-order valence-electron chi connectivity index (χ2n) is 17.6. The maximum Gasteiger partial charge on any atom is 0.306 e. The average Bonchev–Trinajstić information content (AvgIpc) is 3.28. The van der Waals surface area contributed by atoms with Gasteiger partial charge in [0.15, 0.2) is 6.10 Å². The Hall–Kier alpha value is -4.27. The fraction of sp³-hybridized carbons (Fsp3) is 0.603. The number of carboxylic acids is 1. The van der Waals surface area contributed by atoms with Gasteiger partial charge in [-0.3, -0.25) is 9.59 Å². The van der Waals surface area contributed by atoms with Gasteiger partial charge in [0, 0.05) is 19.3 Å². The molecule has 0 spiro atoms. The van der Waals surface area contributed by atoms with E-state index in [0.717, 1.165) is 89.9 Å². The van der Waals surface area contributed by atoms with Crippen molar-refractivity contribution in [3.05, 3.63) is 122 Å². The van der Waals surface area contributed by atoms with Crippen molar-refractivity contribution in [2.75, 3.05) is 41.0 Å². The number of quaternary nitrogens is 1. The van der Waals surface area contributed by atoms with Crippen molar-refractivity contribution in [3.63, 3.8) is 0 Å². The number of nitrogens with zero attached hydrogens (tertiary/aromatic N) is 1. The highest BCUT2D eigenvalue weighted by Crippen LogP contribution is 2.14. The minimum atomic E-state index is -1.14. The van der Waals surface area contributed by atoms with Crippen LogP contribution in [0.5, 0.6) is 0 Å². The van der Waals surface area contributed by atoms with E-state index < -0.39 is 18.1 Å². The van der Waals surface area contributed by atoms with Gasteiger partial charge in [0.1, 0.15) is 12.6 Å². The average molecular weight is 916 g/mol. The summed E-state index contributed by atoms with van der Waals surface area (Å²) in [5.74, 6) is -1.86. The van der Waals surface area contributed by atoms with Crippen LogP contribution in [0.3, 0.4) is 0 Å². The van der Waals surface area contributed by atoms with Crippen LogP contribution in [0.25, 0.3) is 0 Å². The van der Waals surface area contributed by atoms with Crippen LogP contribution >= 0.6 is 0 Å². The minimum Gasteiger partial charge on any atom is -0.544 e. The van der Waals surface area contributed by atoms with Gasteiger partial charge in [-0.2, -0.15) is 0 Å². The molecule has 0 aliphatic rings. The number of unbranched alkanes of at least 4 members (excludes halogenated alkanes) is 10. The maximum absolute atomic E-state index is 12.8. The molecule has 0 rings (SSSR count). The number of carbonyl (C=O) groups is 3. The van der Waals surface area contributed by atoms with Crippen LogP contribution in [0.15, 0.2) is 122 Å². The molecule has 0 aromatic rings. The summed E-state index contributed by atoms with van der Waals surface area (Å²) in [6, 6.07) is -0.745. The van der Waals surface area contributed by atoms with Crippen LogP contribution in [0.1, 0.15) is 174 Å². The van der Waals surface area contributed by atoms with E-state index in [9.17, 15) is 19.5 Å². The highest BCUT2D eigenvalue weighted by Gasteiger charge is 2.25. The number of carbonyl (C=O) groups excluding carboxylic acids is 3. The van der Waals surface area contributed by atoms with Crippen LogP contribution in [-0.2, 0) is 28.6 Å². The highest BCUT2D eigenvalue weighted by molar-refractivity contribution is 5.70. The normalized spacial score (nSPS) is 13.9. The Balaban J connectivity index is 4.37. The molecule has 0 aliphatic carbocycles. The summed E-state index contributed by atoms with van der Waals surface area (Å²) in [4.78, 5) is 37.0. The lowest BCUT2D eigenvalue weighted by atomic mass is 10.0. The molecule has 0 aromatic carbocycles. The van der Waals surface area contributed by atoms with Crippen LogP contribution in [0.2, 0.25) is 0 Å². The van der Waals surface area contributed by atoms with Gasteiger partial charge in [-0.05, 0) is 89.9 Å². The molecule has 0 fully saturated rings. The maximum atomic E-state index is 12.8. The lowest BCUT2D eigenvalue weighted by Crippen LogP contribution is -2.55. The molecule has 0 heterocycles. The van der Waals surface area contributed by atoms with Crippen LogP contribution in [-0.4, -0.2) is 75.5 Å². The van der Waals surface area contributed by atoms with E-state index in [1.807, 2.05) is 12.2 Å². The summed E-state index contributed by atoms with van der Waals surface area (Å²) in [6.07, 6.45) is 66.7. The van der Waals surface area contributed by atoms with Crippen LogP contribution in [0.4, 0.5) is 0 Å². The number of hydrogen-bond acceptors (Lipinski definition) is 7. The summed E-state index contributed by atoms with van der Waals surface area (Å²) < 4.78 is 17.1. The predicted molar refractivity (Wildman–Crippen MR) is 277 cm³/mol. The zero-order chi connectivity index (χ0) is 48.4. The molecule has 2 unspecified atom stereocenters. The SMILES string of the molecule is CC/C=C/C/C=C/C/C=C/C/C=C/C/C=C/C/C=C/CCC(=O)OCC(COCCC(C(=O)[O-])[N+](C)(C)C)OC(=O)CCCCCCCCCCCC/C=C/C/C=C/C/C=C/C/C=C/CC. The molecule has 8 nitrogen and oxygen atoms in total. The topological polar surface area (TPSA) is 102 Å². The van der Waals surface area contributed by atoms with Gasteiger partial charge >= 0.3 is 11.9 Å². The van der Waals surface area contributed by atoms with E-state index in [4.69, 9.17) is 14.2 Å². The number of hydrogen-bond donors (Lipinski definition) is 0. The lowest BCUT2D eigenvalue weighted by Gasteiger charge is -2.34. The van der Waals surface area contributed by atoms with Crippen LogP contribution in [0, 0.1) is 0 Å². The number of esters is 2. The Labute approximate surface area is 403 Å². The molecule has 0 saturated carbocycles. The molecule has 8 heteroatoms. The second-order valence-corrected chi connectivity index (χ2v) is 17.6. The van der Waals surface area contributed by atoms with Crippen molar-refractivity contribution in [2.45, 2.75) is 187 Å². The molecular formula is C58H93NO7. The van der Waals surface area contributed by atoms with Gasteiger partial charge < -0.3 is 28.6 Å². The van der Waals surface area contributed by atoms with Gasteiger partial charge in [0.25, 0.3) is 0 Å².